The second-order valence-corrected chi connectivity index (χ2v) is 6.91. The maximum Gasteiger partial charge on any atom is 0.151 e. The summed E-state index contributed by atoms with van der Waals surface area (Å²) in [7, 11) is 0. The summed E-state index contributed by atoms with van der Waals surface area (Å²) in [5.41, 5.74) is 3.78. The largest absolute Gasteiger partial charge is 0.368 e. The molecule has 0 spiro atoms. The van der Waals surface area contributed by atoms with E-state index in [2.05, 4.69) is 30.9 Å². The molecule has 0 radical (unpaired) electrons. The number of hydrogen-bond donors (Lipinski definition) is 1. The van der Waals surface area contributed by atoms with Gasteiger partial charge in [0.15, 0.2) is 6.29 Å². The minimum absolute atomic E-state index is 0.220. The molecule has 28 heavy (non-hydrogen) atoms. The predicted molar refractivity (Wildman–Crippen MR) is 113 cm³/mol. The van der Waals surface area contributed by atoms with Crippen LogP contribution in [0.2, 0.25) is 0 Å². The molecule has 0 aliphatic carbocycles. The lowest BCUT2D eigenvalue weighted by molar-refractivity contribution is -0.0824. The van der Waals surface area contributed by atoms with E-state index in [1.54, 1.807) is 6.92 Å². The molecule has 0 fully saturated rings. The van der Waals surface area contributed by atoms with Crippen LogP contribution in [0.4, 0.5) is 5.82 Å². The van der Waals surface area contributed by atoms with Gasteiger partial charge in [0.2, 0.25) is 0 Å². The van der Waals surface area contributed by atoms with Gasteiger partial charge in [0.25, 0.3) is 0 Å². The third-order valence-electron chi connectivity index (χ3n) is 4.46. The Balaban J connectivity index is 2.01. The summed E-state index contributed by atoms with van der Waals surface area (Å²) in [6.07, 6.45) is 1.04. The first kappa shape index (κ1) is 20.0. The van der Waals surface area contributed by atoms with Crippen LogP contribution in [0.1, 0.15) is 20.8 Å². The van der Waals surface area contributed by atoms with Gasteiger partial charge in [-0.2, -0.15) is 0 Å². The highest BCUT2D eigenvalue weighted by Crippen LogP contribution is 2.30. The lowest BCUT2D eigenvalue weighted by Gasteiger charge is -2.28. The maximum absolute atomic E-state index is 9.36. The van der Waals surface area contributed by atoms with E-state index in [1.165, 1.54) is 0 Å². The molecule has 5 nitrogen and oxygen atoms in total. The van der Waals surface area contributed by atoms with Gasteiger partial charge >= 0.3 is 0 Å². The molecule has 146 valence electrons. The minimum Gasteiger partial charge on any atom is -0.368 e. The number of nitrogens with zero attached hydrogens (tertiary/aromatic N) is 3. The van der Waals surface area contributed by atoms with Gasteiger partial charge in [-0.1, -0.05) is 60.7 Å². The van der Waals surface area contributed by atoms with Gasteiger partial charge in [-0.05, 0) is 20.8 Å². The van der Waals surface area contributed by atoms with E-state index < -0.39 is 6.29 Å². The summed E-state index contributed by atoms with van der Waals surface area (Å²) < 4.78 is 5.32. The minimum atomic E-state index is -0.777. The highest BCUT2D eigenvalue weighted by Gasteiger charge is 2.17. The molecule has 0 amide bonds. The fraction of sp³-hybridized carbons (Fsp3) is 0.304. The molecule has 0 saturated heterocycles. The van der Waals surface area contributed by atoms with E-state index in [0.29, 0.717) is 13.2 Å². The van der Waals surface area contributed by atoms with Crippen molar-refractivity contribution in [3.63, 3.8) is 0 Å². The summed E-state index contributed by atoms with van der Waals surface area (Å²) in [5, 5.41) is 9.36. The van der Waals surface area contributed by atoms with Crippen molar-refractivity contribution < 1.29 is 9.84 Å². The number of rotatable bonds is 8. The Labute approximate surface area is 166 Å². The van der Waals surface area contributed by atoms with Crippen molar-refractivity contribution in [3.05, 3.63) is 66.9 Å². The Morgan fingerprint density at radius 3 is 2.00 bits per heavy atom. The molecule has 0 saturated carbocycles. The van der Waals surface area contributed by atoms with Crippen molar-refractivity contribution in [2.24, 2.45) is 0 Å². The number of anilines is 1. The monoisotopic (exact) mass is 377 g/mol. The topological polar surface area (TPSA) is 58.5 Å². The van der Waals surface area contributed by atoms with Crippen molar-refractivity contribution in [3.8, 4) is 22.5 Å². The zero-order chi connectivity index (χ0) is 19.9. The second kappa shape index (κ2) is 9.44. The molecular formula is C23H27N3O2. The van der Waals surface area contributed by atoms with E-state index in [-0.39, 0.29) is 6.04 Å². The fourth-order valence-corrected chi connectivity index (χ4v) is 3.08. The maximum atomic E-state index is 9.36. The van der Waals surface area contributed by atoms with E-state index in [4.69, 9.17) is 14.7 Å². The van der Waals surface area contributed by atoms with Gasteiger partial charge in [-0.15, -0.1) is 0 Å². The molecule has 5 heteroatoms. The van der Waals surface area contributed by atoms with Crippen LogP contribution in [-0.4, -0.2) is 40.6 Å². The highest BCUT2D eigenvalue weighted by molar-refractivity contribution is 5.78. The van der Waals surface area contributed by atoms with Crippen molar-refractivity contribution in [1.82, 2.24) is 9.97 Å². The molecule has 3 aromatic rings. The zero-order valence-electron chi connectivity index (χ0n) is 16.6. The Morgan fingerprint density at radius 2 is 1.46 bits per heavy atom. The first-order chi connectivity index (χ1) is 13.6. The lowest BCUT2D eigenvalue weighted by atomic mass is 10.0. The van der Waals surface area contributed by atoms with Crippen LogP contribution in [0.15, 0.2) is 66.9 Å². The van der Waals surface area contributed by atoms with Gasteiger partial charge in [-0.3, -0.25) is 4.98 Å². The Bertz CT molecular complexity index is 868. The zero-order valence-corrected chi connectivity index (χ0v) is 16.6. The van der Waals surface area contributed by atoms with Gasteiger partial charge in [0.1, 0.15) is 5.82 Å². The molecule has 0 aliphatic rings. The summed E-state index contributed by atoms with van der Waals surface area (Å²) in [6, 6.07) is 20.4. The van der Waals surface area contributed by atoms with Crippen molar-refractivity contribution in [2.75, 3.05) is 18.1 Å². The quantitative estimate of drug-likeness (QED) is 0.590. The molecule has 0 unspecified atom stereocenters. The number of aliphatic hydroxyl groups is 1. The average molecular weight is 377 g/mol. The molecule has 1 atom stereocenters. The third-order valence-corrected chi connectivity index (χ3v) is 4.46. The summed E-state index contributed by atoms with van der Waals surface area (Å²) in [5.74, 6) is 0.794. The number of aliphatic hydroxyl groups excluding tert-OH is 1. The normalized spacial score (nSPS) is 12.2. The Hall–Kier alpha value is -2.76. The molecule has 3 rings (SSSR count). The van der Waals surface area contributed by atoms with Crippen LogP contribution in [0, 0.1) is 0 Å². The van der Waals surface area contributed by atoms with E-state index in [9.17, 15) is 5.11 Å². The first-order valence-corrected chi connectivity index (χ1v) is 9.60. The van der Waals surface area contributed by atoms with Crippen LogP contribution >= 0.6 is 0 Å². The van der Waals surface area contributed by atoms with Crippen molar-refractivity contribution in [1.29, 1.82) is 0 Å². The standard InChI is InChI=1S/C23H27N3O2/c1-17(2)26(14-15-28-18(3)27)21-16-24-22(19-10-6-4-7-11-19)23(25-21)20-12-8-5-9-13-20/h4-13,16-18,27H,14-15H2,1-3H3/t18-/m1/s1. The van der Waals surface area contributed by atoms with Crippen LogP contribution in [0.25, 0.3) is 22.5 Å². The number of hydrogen-bond acceptors (Lipinski definition) is 5. The Morgan fingerprint density at radius 1 is 0.893 bits per heavy atom. The molecule has 0 aliphatic heterocycles. The average Bonchev–Trinajstić information content (AvgIpc) is 2.72. The van der Waals surface area contributed by atoms with E-state index in [1.807, 2.05) is 54.7 Å². The molecular weight excluding hydrogens is 350 g/mol. The summed E-state index contributed by atoms with van der Waals surface area (Å²) in [4.78, 5) is 11.9. The van der Waals surface area contributed by atoms with Crippen LogP contribution < -0.4 is 4.90 Å². The Kier molecular flexibility index (Phi) is 6.74. The SMILES string of the molecule is CC(C)N(CCO[C@H](C)O)c1cnc(-c2ccccc2)c(-c2ccccc2)n1. The number of benzene rings is 2. The summed E-state index contributed by atoms with van der Waals surface area (Å²) in [6.45, 7) is 6.87. The first-order valence-electron chi connectivity index (χ1n) is 9.60. The van der Waals surface area contributed by atoms with Gasteiger partial charge in [0, 0.05) is 23.7 Å². The third kappa shape index (κ3) is 4.94. The van der Waals surface area contributed by atoms with Crippen molar-refractivity contribution in [2.45, 2.75) is 33.1 Å². The molecule has 0 bridgehead atoms. The summed E-state index contributed by atoms with van der Waals surface area (Å²) >= 11 is 0. The van der Waals surface area contributed by atoms with E-state index >= 15 is 0 Å². The predicted octanol–water partition coefficient (Wildman–Crippen LogP) is 4.38. The lowest BCUT2D eigenvalue weighted by Crippen LogP contribution is -2.35. The van der Waals surface area contributed by atoms with Gasteiger partial charge in [-0.25, -0.2) is 4.98 Å². The molecule has 2 aromatic carbocycles. The number of ether oxygens (including phenoxy) is 1. The van der Waals surface area contributed by atoms with Gasteiger partial charge < -0.3 is 14.7 Å². The van der Waals surface area contributed by atoms with Crippen LogP contribution in [-0.2, 0) is 4.74 Å². The molecule has 1 heterocycles. The fourth-order valence-electron chi connectivity index (χ4n) is 3.08. The highest BCUT2D eigenvalue weighted by atomic mass is 16.6. The smallest absolute Gasteiger partial charge is 0.151 e. The second-order valence-electron chi connectivity index (χ2n) is 6.91. The van der Waals surface area contributed by atoms with Crippen molar-refractivity contribution >= 4 is 5.82 Å². The molecule has 1 aromatic heterocycles. The van der Waals surface area contributed by atoms with Gasteiger partial charge in [0.05, 0.1) is 24.2 Å². The van der Waals surface area contributed by atoms with Crippen LogP contribution in [0.5, 0.6) is 0 Å². The molecule has 1 N–H and O–H groups in total. The number of aromatic nitrogens is 2. The van der Waals surface area contributed by atoms with E-state index in [0.717, 1.165) is 28.3 Å². The van der Waals surface area contributed by atoms with Crippen LogP contribution in [0.3, 0.4) is 0 Å².